The molecule has 0 N–H and O–H groups in total. The van der Waals surface area contributed by atoms with Crippen molar-refractivity contribution in [3.63, 3.8) is 0 Å². The first-order valence-corrected chi connectivity index (χ1v) is 9.02. The van der Waals surface area contributed by atoms with Crippen molar-refractivity contribution >= 4 is 17.5 Å². The number of ether oxygens (including phenoxy) is 1. The molecule has 0 saturated carbocycles. The summed E-state index contributed by atoms with van der Waals surface area (Å²) in [6.07, 6.45) is 4.40. The van der Waals surface area contributed by atoms with Crippen LogP contribution in [0.4, 0.5) is 11.4 Å². The van der Waals surface area contributed by atoms with Crippen molar-refractivity contribution in [3.05, 3.63) is 33.9 Å². The van der Waals surface area contributed by atoms with Crippen molar-refractivity contribution in [2.45, 2.75) is 44.9 Å². The highest BCUT2D eigenvalue weighted by Crippen LogP contribution is 2.39. The van der Waals surface area contributed by atoms with Crippen LogP contribution in [0.5, 0.6) is 0 Å². The van der Waals surface area contributed by atoms with Crippen LogP contribution in [0.25, 0.3) is 0 Å². The van der Waals surface area contributed by atoms with Gasteiger partial charge in [0.15, 0.2) is 0 Å². The van der Waals surface area contributed by atoms with Crippen LogP contribution in [0.1, 0.15) is 45.1 Å². The second-order valence-corrected chi connectivity index (χ2v) is 7.39. The molecule has 0 aliphatic carbocycles. The molecule has 0 radical (unpaired) electrons. The third-order valence-electron chi connectivity index (χ3n) is 5.59. The molecule has 1 aromatic rings. The Balaban J connectivity index is 0.000000758. The monoisotopic (exact) mass is 362 g/mol. The van der Waals surface area contributed by atoms with Gasteiger partial charge in [-0.1, -0.05) is 19.9 Å². The number of anilines is 1. The minimum absolute atomic E-state index is 0.0607. The Morgan fingerprint density at radius 2 is 1.81 bits per heavy atom. The number of piperidine rings is 1. The first-order chi connectivity index (χ1) is 12.4. The van der Waals surface area contributed by atoms with E-state index in [9.17, 15) is 10.1 Å². The summed E-state index contributed by atoms with van der Waals surface area (Å²) in [5.74, 6) is 0.710. The number of nitro benzene ring substituents is 1. The molecule has 1 aromatic carbocycles. The molecule has 0 amide bonds. The lowest BCUT2D eigenvalue weighted by atomic mass is 9.76. The van der Waals surface area contributed by atoms with E-state index in [1.807, 2.05) is 6.07 Å². The van der Waals surface area contributed by atoms with Gasteiger partial charge < -0.3 is 9.64 Å². The quantitative estimate of drug-likeness (QED) is 0.605. The van der Waals surface area contributed by atoms with Crippen molar-refractivity contribution in [3.8, 4) is 0 Å². The highest BCUT2D eigenvalue weighted by atomic mass is 16.6. The van der Waals surface area contributed by atoms with Gasteiger partial charge in [0.05, 0.1) is 4.92 Å². The molecule has 2 saturated heterocycles. The Morgan fingerprint density at radius 1 is 1.23 bits per heavy atom. The Kier molecular flexibility index (Phi) is 6.89. The van der Waals surface area contributed by atoms with E-state index in [0.717, 1.165) is 57.7 Å². The summed E-state index contributed by atoms with van der Waals surface area (Å²) in [4.78, 5) is 29.7. The number of rotatable bonds is 3. The van der Waals surface area contributed by atoms with Crippen LogP contribution in [0.2, 0.25) is 0 Å². The minimum Gasteiger partial charge on any atom is -0.381 e. The molecule has 0 aromatic heterocycles. The average Bonchev–Trinajstić information content (AvgIpc) is 2.63. The molecule has 7 heteroatoms. The SMILES string of the molecule is CC1CCN(c2cc(C3(C)CCOCC3)ccc2[N+](=O)[O-])CC1.O=C=O. The Bertz CT molecular complexity index is 656. The standard InChI is InChI=1S/C18H26N2O3.CO2/c1-14-5-9-19(10-6-14)17-13-15(3-4-16(17)20(21)22)18(2)7-11-23-12-8-18;2-1-3/h3-4,13-14H,5-12H2,1-2H3;. The fourth-order valence-corrected chi connectivity index (χ4v) is 3.67. The highest BCUT2D eigenvalue weighted by Gasteiger charge is 2.32. The van der Waals surface area contributed by atoms with E-state index in [2.05, 4.69) is 24.8 Å². The zero-order valence-electron chi connectivity index (χ0n) is 15.4. The zero-order valence-corrected chi connectivity index (χ0v) is 15.4. The van der Waals surface area contributed by atoms with Gasteiger partial charge in [0.1, 0.15) is 5.69 Å². The van der Waals surface area contributed by atoms with Crippen LogP contribution >= 0.6 is 0 Å². The van der Waals surface area contributed by atoms with Gasteiger partial charge in [-0.05, 0) is 48.6 Å². The topological polar surface area (TPSA) is 89.8 Å². The third-order valence-corrected chi connectivity index (χ3v) is 5.59. The summed E-state index contributed by atoms with van der Waals surface area (Å²) in [5, 5.41) is 11.5. The van der Waals surface area contributed by atoms with E-state index >= 15 is 0 Å². The van der Waals surface area contributed by atoms with Crippen molar-refractivity contribution < 1.29 is 19.2 Å². The van der Waals surface area contributed by atoms with Crippen molar-refractivity contribution in [2.24, 2.45) is 5.92 Å². The van der Waals surface area contributed by atoms with Gasteiger partial charge in [0, 0.05) is 32.4 Å². The van der Waals surface area contributed by atoms with E-state index in [0.29, 0.717) is 5.92 Å². The number of carbonyl (C=O) groups excluding carboxylic acids is 2. The molecule has 3 rings (SSSR count). The van der Waals surface area contributed by atoms with Crippen LogP contribution in [0.15, 0.2) is 18.2 Å². The molecular formula is C19H26N2O5. The smallest absolute Gasteiger partial charge is 0.373 e. The average molecular weight is 362 g/mol. The number of hydrogen-bond donors (Lipinski definition) is 0. The number of benzene rings is 1. The van der Waals surface area contributed by atoms with Gasteiger partial charge in [0.2, 0.25) is 0 Å². The van der Waals surface area contributed by atoms with Gasteiger partial charge >= 0.3 is 6.15 Å². The molecule has 2 aliphatic rings. The van der Waals surface area contributed by atoms with Gasteiger partial charge in [-0.15, -0.1) is 0 Å². The second-order valence-electron chi connectivity index (χ2n) is 7.39. The molecule has 0 bridgehead atoms. The molecule has 2 fully saturated rings. The van der Waals surface area contributed by atoms with Crippen LogP contribution in [-0.2, 0) is 19.7 Å². The van der Waals surface area contributed by atoms with Gasteiger partial charge in [0.25, 0.3) is 5.69 Å². The normalized spacial score (nSPS) is 19.8. The summed E-state index contributed by atoms with van der Waals surface area (Å²) in [6, 6.07) is 5.71. The molecule has 2 aliphatic heterocycles. The lowest BCUT2D eigenvalue weighted by molar-refractivity contribution is -0.384. The van der Waals surface area contributed by atoms with E-state index < -0.39 is 0 Å². The zero-order chi connectivity index (χ0) is 19.2. The van der Waals surface area contributed by atoms with Crippen LogP contribution in [-0.4, -0.2) is 37.4 Å². The maximum absolute atomic E-state index is 11.5. The van der Waals surface area contributed by atoms with Crippen molar-refractivity contribution in [1.29, 1.82) is 0 Å². The molecule has 7 nitrogen and oxygen atoms in total. The molecule has 0 spiro atoms. The Morgan fingerprint density at radius 3 is 2.35 bits per heavy atom. The summed E-state index contributed by atoms with van der Waals surface area (Å²) in [7, 11) is 0. The maximum Gasteiger partial charge on any atom is 0.373 e. The fraction of sp³-hybridized carbons (Fsp3) is 0.632. The molecule has 142 valence electrons. The molecule has 26 heavy (non-hydrogen) atoms. The molecular weight excluding hydrogens is 336 g/mol. The Labute approximate surface area is 153 Å². The molecule has 0 unspecified atom stereocenters. The number of nitrogens with zero attached hydrogens (tertiary/aromatic N) is 2. The summed E-state index contributed by atoms with van der Waals surface area (Å²) < 4.78 is 5.49. The van der Waals surface area contributed by atoms with Crippen molar-refractivity contribution in [2.75, 3.05) is 31.2 Å². The van der Waals surface area contributed by atoms with Crippen LogP contribution in [0.3, 0.4) is 0 Å². The van der Waals surface area contributed by atoms with Gasteiger partial charge in [-0.25, -0.2) is 0 Å². The Hall–Kier alpha value is -2.24. The predicted octanol–water partition coefficient (Wildman–Crippen LogP) is 3.32. The third kappa shape index (κ3) is 4.68. The van der Waals surface area contributed by atoms with E-state index in [1.54, 1.807) is 6.07 Å². The van der Waals surface area contributed by atoms with Gasteiger partial charge in [-0.2, -0.15) is 9.59 Å². The molecule has 2 heterocycles. The predicted molar refractivity (Wildman–Crippen MR) is 96.1 cm³/mol. The van der Waals surface area contributed by atoms with Crippen LogP contribution in [0, 0.1) is 16.0 Å². The fourth-order valence-electron chi connectivity index (χ4n) is 3.67. The van der Waals surface area contributed by atoms with Crippen molar-refractivity contribution in [1.82, 2.24) is 0 Å². The van der Waals surface area contributed by atoms with E-state index in [-0.39, 0.29) is 22.2 Å². The first kappa shape index (κ1) is 20.1. The lowest BCUT2D eigenvalue weighted by Gasteiger charge is -2.36. The number of hydrogen-bond acceptors (Lipinski definition) is 6. The summed E-state index contributed by atoms with van der Waals surface area (Å²) in [6.45, 7) is 7.86. The maximum atomic E-state index is 11.5. The molecule has 0 atom stereocenters. The minimum atomic E-state index is -0.247. The van der Waals surface area contributed by atoms with Crippen LogP contribution < -0.4 is 4.90 Å². The summed E-state index contributed by atoms with van der Waals surface area (Å²) >= 11 is 0. The van der Waals surface area contributed by atoms with Gasteiger partial charge in [-0.3, -0.25) is 10.1 Å². The highest BCUT2D eigenvalue weighted by molar-refractivity contribution is 5.65. The lowest BCUT2D eigenvalue weighted by Crippen LogP contribution is -2.34. The number of nitro groups is 1. The second kappa shape index (κ2) is 8.92. The first-order valence-electron chi connectivity index (χ1n) is 9.02. The summed E-state index contributed by atoms with van der Waals surface area (Å²) in [5.41, 5.74) is 2.30. The largest absolute Gasteiger partial charge is 0.381 e. The van der Waals surface area contributed by atoms with E-state index in [1.165, 1.54) is 5.56 Å². The van der Waals surface area contributed by atoms with E-state index in [4.69, 9.17) is 14.3 Å².